The van der Waals surface area contributed by atoms with Gasteiger partial charge in [-0.1, -0.05) is 0 Å². The van der Waals surface area contributed by atoms with Gasteiger partial charge in [0.2, 0.25) is 5.91 Å². The molecule has 6 heteroatoms. The van der Waals surface area contributed by atoms with Gasteiger partial charge in [0.25, 0.3) is 0 Å². The predicted octanol–water partition coefficient (Wildman–Crippen LogP) is 1.68. The summed E-state index contributed by atoms with van der Waals surface area (Å²) in [6, 6.07) is 2.22. The SMILES string of the molecule is O=C(CCc1cc2n(n1)CCCN(C[C@H]1CCOC1)C2)N1CCCC1. The molecule has 3 aliphatic rings. The van der Waals surface area contributed by atoms with Crippen molar-refractivity contribution in [1.29, 1.82) is 0 Å². The number of likely N-dealkylation sites (tertiary alicyclic amines) is 1. The van der Waals surface area contributed by atoms with Gasteiger partial charge in [0.05, 0.1) is 18.0 Å². The van der Waals surface area contributed by atoms with Crippen molar-refractivity contribution in [2.45, 2.75) is 51.6 Å². The van der Waals surface area contributed by atoms with Crippen LogP contribution in [0.25, 0.3) is 0 Å². The minimum Gasteiger partial charge on any atom is -0.381 e. The minimum absolute atomic E-state index is 0.295. The molecule has 0 N–H and O–H groups in total. The zero-order chi connectivity index (χ0) is 17.1. The molecule has 25 heavy (non-hydrogen) atoms. The van der Waals surface area contributed by atoms with Crippen molar-refractivity contribution >= 4 is 5.91 Å². The lowest BCUT2D eigenvalue weighted by atomic mass is 10.1. The summed E-state index contributed by atoms with van der Waals surface area (Å²) in [6.07, 6.45) is 6.03. The summed E-state index contributed by atoms with van der Waals surface area (Å²) >= 11 is 0. The van der Waals surface area contributed by atoms with Crippen LogP contribution in [0.5, 0.6) is 0 Å². The van der Waals surface area contributed by atoms with Gasteiger partial charge in [-0.2, -0.15) is 5.10 Å². The molecule has 0 aliphatic carbocycles. The molecule has 1 aromatic heterocycles. The third-order valence-corrected chi connectivity index (χ3v) is 5.74. The van der Waals surface area contributed by atoms with E-state index in [1.54, 1.807) is 0 Å². The normalized spacial score (nSPS) is 24.5. The Morgan fingerprint density at radius 1 is 1.20 bits per heavy atom. The van der Waals surface area contributed by atoms with Gasteiger partial charge >= 0.3 is 0 Å². The number of hydrogen-bond acceptors (Lipinski definition) is 4. The van der Waals surface area contributed by atoms with Gasteiger partial charge in [0, 0.05) is 58.7 Å². The molecule has 0 radical (unpaired) electrons. The van der Waals surface area contributed by atoms with E-state index >= 15 is 0 Å². The Hall–Kier alpha value is -1.40. The number of amides is 1. The topological polar surface area (TPSA) is 50.6 Å². The molecule has 2 saturated heterocycles. The minimum atomic E-state index is 0.295. The van der Waals surface area contributed by atoms with E-state index in [2.05, 4.69) is 15.6 Å². The first kappa shape index (κ1) is 17.0. The van der Waals surface area contributed by atoms with Crippen LogP contribution in [-0.2, 0) is 29.0 Å². The molecule has 3 aliphatic heterocycles. The van der Waals surface area contributed by atoms with Crippen molar-refractivity contribution < 1.29 is 9.53 Å². The number of carbonyl (C=O) groups excluding carboxylic acids is 1. The molecule has 0 spiro atoms. The Labute approximate surface area is 150 Å². The number of nitrogens with zero attached hydrogens (tertiary/aromatic N) is 4. The third kappa shape index (κ3) is 4.23. The van der Waals surface area contributed by atoms with Gasteiger partial charge < -0.3 is 9.64 Å². The van der Waals surface area contributed by atoms with Crippen molar-refractivity contribution in [3.8, 4) is 0 Å². The van der Waals surface area contributed by atoms with Crippen molar-refractivity contribution in [2.75, 3.05) is 39.4 Å². The molecule has 0 aromatic carbocycles. The van der Waals surface area contributed by atoms with Gasteiger partial charge in [0.1, 0.15) is 0 Å². The van der Waals surface area contributed by atoms with Gasteiger partial charge in [-0.25, -0.2) is 0 Å². The molecular weight excluding hydrogens is 316 g/mol. The summed E-state index contributed by atoms with van der Waals surface area (Å²) in [7, 11) is 0. The smallest absolute Gasteiger partial charge is 0.222 e. The summed E-state index contributed by atoms with van der Waals surface area (Å²) in [5, 5.41) is 4.77. The fraction of sp³-hybridized carbons (Fsp3) is 0.789. The summed E-state index contributed by atoms with van der Waals surface area (Å²) in [4.78, 5) is 16.8. The van der Waals surface area contributed by atoms with Crippen molar-refractivity contribution in [3.63, 3.8) is 0 Å². The molecule has 0 saturated carbocycles. The largest absolute Gasteiger partial charge is 0.381 e. The van der Waals surface area contributed by atoms with Crippen LogP contribution in [-0.4, -0.2) is 64.9 Å². The van der Waals surface area contributed by atoms with Crippen LogP contribution in [0.2, 0.25) is 0 Å². The first-order chi connectivity index (χ1) is 12.3. The van der Waals surface area contributed by atoms with Crippen molar-refractivity contribution in [1.82, 2.24) is 19.6 Å². The number of ether oxygens (including phenoxy) is 1. The second kappa shape index (κ2) is 7.87. The molecule has 4 heterocycles. The van der Waals surface area contributed by atoms with Gasteiger partial charge in [-0.15, -0.1) is 0 Å². The van der Waals surface area contributed by atoms with E-state index in [0.29, 0.717) is 18.2 Å². The average molecular weight is 346 g/mol. The summed E-state index contributed by atoms with van der Waals surface area (Å²) in [6.45, 7) is 7.97. The second-order valence-electron chi connectivity index (χ2n) is 7.76. The summed E-state index contributed by atoms with van der Waals surface area (Å²) in [5.74, 6) is 0.982. The van der Waals surface area contributed by atoms with Gasteiger partial charge in [0.15, 0.2) is 0 Å². The monoisotopic (exact) mass is 346 g/mol. The molecule has 4 rings (SSSR count). The lowest BCUT2D eigenvalue weighted by Crippen LogP contribution is -2.29. The molecule has 2 fully saturated rings. The lowest BCUT2D eigenvalue weighted by Gasteiger charge is -2.22. The molecule has 0 unspecified atom stereocenters. The number of aryl methyl sites for hydroxylation is 2. The summed E-state index contributed by atoms with van der Waals surface area (Å²) < 4.78 is 7.69. The lowest BCUT2D eigenvalue weighted by molar-refractivity contribution is -0.130. The fourth-order valence-corrected chi connectivity index (χ4v) is 4.32. The van der Waals surface area contributed by atoms with Crippen LogP contribution >= 0.6 is 0 Å². The van der Waals surface area contributed by atoms with Crippen molar-refractivity contribution in [3.05, 3.63) is 17.5 Å². The molecule has 138 valence electrons. The van der Waals surface area contributed by atoms with E-state index in [0.717, 1.165) is 83.9 Å². The molecule has 0 bridgehead atoms. The van der Waals surface area contributed by atoms with Gasteiger partial charge in [-0.3, -0.25) is 14.4 Å². The van der Waals surface area contributed by atoms with Crippen LogP contribution in [0, 0.1) is 5.92 Å². The highest BCUT2D eigenvalue weighted by Crippen LogP contribution is 2.19. The van der Waals surface area contributed by atoms with Crippen LogP contribution < -0.4 is 0 Å². The standard InChI is InChI=1S/C19H30N4O2/c24-19(22-8-1-2-9-22)5-4-17-12-18-14-21(7-3-10-23(18)20-17)13-16-6-11-25-15-16/h12,16H,1-11,13-15H2/t16-/m1/s1. The Bertz CT molecular complexity index is 588. The van der Waals surface area contributed by atoms with E-state index in [9.17, 15) is 4.79 Å². The molecule has 1 amide bonds. The number of rotatable bonds is 5. The van der Waals surface area contributed by atoms with Gasteiger partial charge in [-0.05, 0) is 37.7 Å². The van der Waals surface area contributed by atoms with Crippen molar-refractivity contribution in [2.24, 2.45) is 5.92 Å². The number of carbonyl (C=O) groups is 1. The number of fused-ring (bicyclic) bond motifs is 1. The van der Waals surface area contributed by atoms with Crippen LogP contribution in [0.4, 0.5) is 0 Å². The number of aromatic nitrogens is 2. The molecule has 1 aromatic rings. The maximum absolute atomic E-state index is 12.2. The highest BCUT2D eigenvalue weighted by molar-refractivity contribution is 5.76. The predicted molar refractivity (Wildman–Crippen MR) is 95.2 cm³/mol. The van der Waals surface area contributed by atoms with E-state index < -0.39 is 0 Å². The quantitative estimate of drug-likeness (QED) is 0.814. The maximum Gasteiger partial charge on any atom is 0.222 e. The first-order valence-electron chi connectivity index (χ1n) is 9.91. The summed E-state index contributed by atoms with van der Waals surface area (Å²) in [5.41, 5.74) is 2.38. The zero-order valence-electron chi connectivity index (χ0n) is 15.2. The highest BCUT2D eigenvalue weighted by atomic mass is 16.5. The van der Waals surface area contributed by atoms with E-state index in [-0.39, 0.29) is 0 Å². The van der Waals surface area contributed by atoms with E-state index in [4.69, 9.17) is 9.84 Å². The van der Waals surface area contributed by atoms with Crippen LogP contribution in [0.15, 0.2) is 6.07 Å². The fourth-order valence-electron chi connectivity index (χ4n) is 4.32. The average Bonchev–Trinajstić information content (AvgIpc) is 3.34. The Morgan fingerprint density at radius 3 is 2.88 bits per heavy atom. The maximum atomic E-state index is 12.2. The highest BCUT2D eigenvalue weighted by Gasteiger charge is 2.23. The Morgan fingerprint density at radius 2 is 2.08 bits per heavy atom. The van der Waals surface area contributed by atoms with Crippen LogP contribution in [0.1, 0.15) is 43.5 Å². The number of hydrogen-bond donors (Lipinski definition) is 0. The second-order valence-corrected chi connectivity index (χ2v) is 7.76. The zero-order valence-corrected chi connectivity index (χ0v) is 15.2. The molecular formula is C19H30N4O2. The molecule has 1 atom stereocenters. The Kier molecular flexibility index (Phi) is 5.36. The van der Waals surface area contributed by atoms with E-state index in [1.165, 1.54) is 12.1 Å². The Balaban J connectivity index is 1.33. The van der Waals surface area contributed by atoms with Crippen LogP contribution in [0.3, 0.4) is 0 Å². The molecule has 6 nitrogen and oxygen atoms in total. The first-order valence-corrected chi connectivity index (χ1v) is 9.91. The third-order valence-electron chi connectivity index (χ3n) is 5.74. The van der Waals surface area contributed by atoms with E-state index in [1.807, 2.05) is 4.90 Å².